The van der Waals surface area contributed by atoms with E-state index in [2.05, 4.69) is 41.5 Å². The molecule has 0 aromatic carbocycles. The Morgan fingerprint density at radius 2 is 1.15 bits per heavy atom. The van der Waals surface area contributed by atoms with E-state index in [0.29, 0.717) is 35.7 Å². The van der Waals surface area contributed by atoms with Crippen LogP contribution < -0.4 is 0 Å². The second kappa shape index (κ2) is 24.3. The Kier molecular flexibility index (Phi) is 20.7. The van der Waals surface area contributed by atoms with Gasteiger partial charge in [-0.2, -0.15) is 0 Å². The molecular weight excluding hydrogens is 645 g/mol. The van der Waals surface area contributed by atoms with Crippen molar-refractivity contribution in [2.75, 3.05) is 6.61 Å². The third kappa shape index (κ3) is 13.8. The zero-order valence-corrected chi connectivity index (χ0v) is 37.0. The summed E-state index contributed by atoms with van der Waals surface area (Å²) in [5.41, 5.74) is 1.23. The van der Waals surface area contributed by atoms with E-state index in [4.69, 9.17) is 4.74 Å². The lowest BCUT2D eigenvalue weighted by molar-refractivity contribution is -0.144. The van der Waals surface area contributed by atoms with Crippen molar-refractivity contribution in [1.82, 2.24) is 0 Å². The third-order valence-electron chi connectivity index (χ3n) is 17.0. The average molecular weight is 739 g/mol. The van der Waals surface area contributed by atoms with Gasteiger partial charge in [0, 0.05) is 6.42 Å². The van der Waals surface area contributed by atoms with Gasteiger partial charge < -0.3 is 4.74 Å². The van der Waals surface area contributed by atoms with Gasteiger partial charge >= 0.3 is 5.97 Å². The fraction of sp³-hybridized carbons (Fsp3) is 0.980. The number of unbranched alkanes of at least 4 members (excludes halogenated alkanes) is 18. The molecule has 0 aromatic heterocycles. The van der Waals surface area contributed by atoms with Crippen LogP contribution in [0.3, 0.4) is 0 Å². The summed E-state index contributed by atoms with van der Waals surface area (Å²) in [7, 11) is 0. The van der Waals surface area contributed by atoms with Gasteiger partial charge in [0.1, 0.15) is 0 Å². The van der Waals surface area contributed by atoms with Gasteiger partial charge in [0.25, 0.3) is 0 Å². The highest BCUT2D eigenvalue weighted by molar-refractivity contribution is 5.69. The minimum atomic E-state index is 0.0458. The molecule has 0 spiro atoms. The molecule has 4 rings (SSSR count). The van der Waals surface area contributed by atoms with E-state index < -0.39 is 0 Å². The summed E-state index contributed by atoms with van der Waals surface area (Å²) in [5.74, 6) is 7.16. The highest BCUT2D eigenvalue weighted by Crippen LogP contribution is 2.68. The van der Waals surface area contributed by atoms with Gasteiger partial charge in [-0.15, -0.1) is 0 Å². The predicted octanol–water partition coefficient (Wildman–Crippen LogP) is 16.5. The summed E-state index contributed by atoms with van der Waals surface area (Å²) in [6.07, 6.45) is 45.8. The van der Waals surface area contributed by atoms with Crippen LogP contribution in [0.15, 0.2) is 0 Å². The number of carbonyl (C=O) groups is 1. The molecule has 0 bridgehead atoms. The summed E-state index contributed by atoms with van der Waals surface area (Å²) in [6.45, 7) is 15.8. The van der Waals surface area contributed by atoms with Crippen molar-refractivity contribution < 1.29 is 9.53 Å². The molecule has 4 aliphatic rings. The van der Waals surface area contributed by atoms with Crippen LogP contribution in [0.1, 0.15) is 253 Å². The maximum Gasteiger partial charge on any atom is 0.305 e. The van der Waals surface area contributed by atoms with Gasteiger partial charge in [-0.05, 0) is 129 Å². The smallest absolute Gasteiger partial charge is 0.305 e. The quantitative estimate of drug-likeness (QED) is 0.0590. The van der Waals surface area contributed by atoms with Crippen molar-refractivity contribution in [3.8, 4) is 0 Å². The summed E-state index contributed by atoms with van der Waals surface area (Å²) in [4.78, 5) is 12.6. The number of carbonyl (C=O) groups excluding carboxylic acids is 1. The fourth-order valence-corrected chi connectivity index (χ4v) is 13.5. The van der Waals surface area contributed by atoms with E-state index in [9.17, 15) is 4.79 Å². The molecule has 4 saturated carbocycles. The molecule has 2 nitrogen and oxygen atoms in total. The van der Waals surface area contributed by atoms with E-state index >= 15 is 0 Å². The molecule has 9 atom stereocenters. The lowest BCUT2D eigenvalue weighted by atomic mass is 9.44. The van der Waals surface area contributed by atoms with E-state index in [-0.39, 0.29) is 5.97 Å². The standard InChI is InChI=1S/C51H94O2/c1-7-8-9-10-11-12-13-14-15-16-17-18-19-20-21-22-23-24-25-29-49(52)53-40-37-43(41(2)3)31-30-42(4)46-34-35-47-45-33-32-44-28-26-27-38-50(44,5)48(45)36-39-51(46,47)6/h41-48H,7-40H2,1-6H3/t42-,43+,44?,45+,46-,47+,48+,50+,51-/m1/s1. The van der Waals surface area contributed by atoms with Crippen molar-refractivity contribution in [3.05, 3.63) is 0 Å². The number of hydrogen-bond donors (Lipinski definition) is 0. The monoisotopic (exact) mass is 739 g/mol. The lowest BCUT2D eigenvalue weighted by Crippen LogP contribution is -2.53. The van der Waals surface area contributed by atoms with Crippen LogP contribution in [0.4, 0.5) is 0 Å². The normalized spacial score (nSPS) is 30.8. The maximum atomic E-state index is 12.6. The number of ether oxygens (including phenoxy) is 1. The van der Waals surface area contributed by atoms with Crippen LogP contribution in [0.25, 0.3) is 0 Å². The number of rotatable bonds is 28. The minimum Gasteiger partial charge on any atom is -0.466 e. The Bertz CT molecular complexity index is 971. The van der Waals surface area contributed by atoms with Gasteiger partial charge in [-0.3, -0.25) is 4.79 Å². The van der Waals surface area contributed by atoms with Crippen LogP contribution in [-0.4, -0.2) is 12.6 Å². The van der Waals surface area contributed by atoms with Crippen molar-refractivity contribution in [3.63, 3.8) is 0 Å². The Labute approximate surface area is 332 Å². The van der Waals surface area contributed by atoms with Gasteiger partial charge in [0.2, 0.25) is 0 Å². The largest absolute Gasteiger partial charge is 0.466 e. The summed E-state index contributed by atoms with van der Waals surface area (Å²) >= 11 is 0. The Morgan fingerprint density at radius 3 is 1.74 bits per heavy atom. The van der Waals surface area contributed by atoms with Crippen LogP contribution >= 0.6 is 0 Å². The molecule has 0 radical (unpaired) electrons. The minimum absolute atomic E-state index is 0.0458. The Morgan fingerprint density at radius 1 is 0.585 bits per heavy atom. The van der Waals surface area contributed by atoms with E-state index in [1.54, 1.807) is 6.42 Å². The van der Waals surface area contributed by atoms with E-state index in [1.165, 1.54) is 186 Å². The summed E-state index contributed by atoms with van der Waals surface area (Å²) in [6, 6.07) is 0. The molecule has 0 saturated heterocycles. The topological polar surface area (TPSA) is 26.3 Å². The molecule has 2 heteroatoms. The highest BCUT2D eigenvalue weighted by atomic mass is 16.5. The molecule has 53 heavy (non-hydrogen) atoms. The number of hydrogen-bond acceptors (Lipinski definition) is 2. The molecule has 4 fully saturated rings. The first-order valence-electron chi connectivity index (χ1n) is 24.9. The molecule has 1 unspecified atom stereocenters. The van der Waals surface area contributed by atoms with Gasteiger partial charge in [-0.1, -0.05) is 176 Å². The second-order valence-corrected chi connectivity index (χ2v) is 20.8. The maximum absolute atomic E-state index is 12.6. The van der Waals surface area contributed by atoms with E-state index in [1.807, 2.05) is 0 Å². The van der Waals surface area contributed by atoms with E-state index in [0.717, 1.165) is 48.3 Å². The molecule has 0 amide bonds. The second-order valence-electron chi connectivity index (χ2n) is 20.8. The highest BCUT2D eigenvalue weighted by Gasteiger charge is 2.60. The van der Waals surface area contributed by atoms with Crippen LogP contribution in [0, 0.1) is 58.2 Å². The molecule has 4 aliphatic carbocycles. The Hall–Kier alpha value is -0.530. The van der Waals surface area contributed by atoms with Crippen molar-refractivity contribution in [2.24, 2.45) is 58.2 Å². The molecule has 0 aliphatic heterocycles. The molecule has 310 valence electrons. The fourth-order valence-electron chi connectivity index (χ4n) is 13.5. The molecule has 0 heterocycles. The van der Waals surface area contributed by atoms with Crippen molar-refractivity contribution in [2.45, 2.75) is 253 Å². The third-order valence-corrected chi connectivity index (χ3v) is 17.0. The van der Waals surface area contributed by atoms with Crippen LogP contribution in [0.5, 0.6) is 0 Å². The molecule has 0 N–H and O–H groups in total. The predicted molar refractivity (Wildman–Crippen MR) is 230 cm³/mol. The van der Waals surface area contributed by atoms with Crippen LogP contribution in [-0.2, 0) is 9.53 Å². The van der Waals surface area contributed by atoms with Crippen molar-refractivity contribution >= 4 is 5.97 Å². The summed E-state index contributed by atoms with van der Waals surface area (Å²) < 4.78 is 5.81. The first-order chi connectivity index (χ1) is 25.7. The van der Waals surface area contributed by atoms with Gasteiger partial charge in [0.15, 0.2) is 0 Å². The van der Waals surface area contributed by atoms with Gasteiger partial charge in [0.05, 0.1) is 6.61 Å². The average Bonchev–Trinajstić information content (AvgIpc) is 3.50. The molecule has 0 aromatic rings. The summed E-state index contributed by atoms with van der Waals surface area (Å²) in [5, 5.41) is 0. The SMILES string of the molecule is CCCCCCCCCCCCCCCCCCCCCC(=O)OCC[C@H](CC[C@@H](C)[C@H]1CC[C@H]2[C@@H]3CCC4CCCC[C@]4(C)[C@H]3CC[C@]12C)C(C)C. The zero-order valence-electron chi connectivity index (χ0n) is 37.0. The number of fused-ring (bicyclic) bond motifs is 5. The zero-order chi connectivity index (χ0) is 37.9. The first-order valence-corrected chi connectivity index (χ1v) is 24.9. The van der Waals surface area contributed by atoms with Crippen LogP contribution in [0.2, 0.25) is 0 Å². The van der Waals surface area contributed by atoms with Crippen molar-refractivity contribution in [1.29, 1.82) is 0 Å². The first kappa shape index (κ1) is 45.2. The lowest BCUT2D eigenvalue weighted by Gasteiger charge is -2.61. The van der Waals surface area contributed by atoms with Gasteiger partial charge in [-0.25, -0.2) is 0 Å². The Balaban J connectivity index is 0.991. The number of esters is 1. The molecular formula is C51H94O2.